The van der Waals surface area contributed by atoms with Crippen molar-refractivity contribution in [2.45, 2.75) is 0 Å². The van der Waals surface area contributed by atoms with Crippen molar-refractivity contribution in [2.75, 3.05) is 6.66 Å². The van der Waals surface area contributed by atoms with Gasteiger partial charge in [-0.25, -0.2) is 0 Å². The summed E-state index contributed by atoms with van der Waals surface area (Å²) in [5.74, 6) is 0. The fourth-order valence-corrected chi connectivity index (χ4v) is 0. The summed E-state index contributed by atoms with van der Waals surface area (Å²) in [6.45, 7) is 1.81. The first-order valence-corrected chi connectivity index (χ1v) is 1.50. The minimum absolute atomic E-state index is 0. The summed E-state index contributed by atoms with van der Waals surface area (Å²) in [7, 11) is 2.97. The van der Waals surface area contributed by atoms with Crippen molar-refractivity contribution in [3.05, 3.63) is 0 Å². The first-order chi connectivity index (χ1) is 1.00. The van der Waals surface area contributed by atoms with Gasteiger partial charge in [-0.15, -0.1) is 0 Å². The summed E-state index contributed by atoms with van der Waals surface area (Å²) in [6.07, 6.45) is 0. The molecule has 0 heterocycles. The molecule has 0 bridgehead atoms. The maximum absolute atomic E-state index is 2.97. The molecule has 0 amide bonds. The van der Waals surface area contributed by atoms with Crippen LogP contribution in [0.2, 0.25) is 0 Å². The van der Waals surface area contributed by atoms with Gasteiger partial charge in [-0.3, -0.25) is 0 Å². The molecule has 0 aliphatic rings. The Morgan fingerprint density at radius 2 is 1.25 bits per heavy atom. The van der Waals surface area contributed by atoms with E-state index in [-0.39, 0.29) is 35.5 Å². The molecule has 0 atom stereocenters. The number of halogens is 1. The van der Waals surface area contributed by atoms with E-state index in [1.807, 2.05) is 0 Å². The molecular formula is CH4ClMgP. The molecule has 0 aromatic carbocycles. The van der Waals surface area contributed by atoms with E-state index >= 15 is 0 Å². The summed E-state index contributed by atoms with van der Waals surface area (Å²) in [5, 5.41) is 0. The van der Waals surface area contributed by atoms with Gasteiger partial charge < -0.3 is 21.6 Å². The molecule has 0 aliphatic carbocycles. The molecule has 3 heteroatoms. The third-order valence-corrected chi connectivity index (χ3v) is 0. The molecule has 0 N–H and O–H groups in total. The molecule has 0 rings (SSSR count). The van der Waals surface area contributed by atoms with Crippen molar-refractivity contribution < 1.29 is 12.4 Å². The smallest absolute Gasteiger partial charge is 1.00 e. The zero-order valence-corrected chi connectivity index (χ0v) is 5.76. The summed E-state index contributed by atoms with van der Waals surface area (Å²) in [6, 6.07) is 0. The standard InChI is InChI=1S/CH4P.ClH.Mg/c1-2;;/h2H,1H3;1H;/q-1;;+2/p-1. The van der Waals surface area contributed by atoms with E-state index in [0.717, 1.165) is 0 Å². The second-order valence-electron chi connectivity index (χ2n) is 0. The minimum atomic E-state index is 0. The minimum Gasteiger partial charge on any atom is -1.00 e. The van der Waals surface area contributed by atoms with E-state index in [4.69, 9.17) is 0 Å². The Balaban J connectivity index is -0.00000000500. The van der Waals surface area contributed by atoms with Crippen LogP contribution in [0.25, 0.3) is 0 Å². The van der Waals surface area contributed by atoms with Crippen LogP contribution in [-0.4, -0.2) is 29.7 Å². The molecule has 0 fully saturated rings. The zero-order valence-electron chi connectivity index (χ0n) is 2.59. The van der Waals surface area contributed by atoms with Gasteiger partial charge in [-0.05, 0) is 0 Å². The first-order valence-electron chi connectivity index (χ1n) is 0.500. The van der Waals surface area contributed by atoms with Crippen LogP contribution in [0.1, 0.15) is 0 Å². The van der Waals surface area contributed by atoms with Crippen molar-refractivity contribution in [1.82, 2.24) is 0 Å². The van der Waals surface area contributed by atoms with Gasteiger partial charge >= 0.3 is 23.1 Å². The molecule has 0 unspecified atom stereocenters. The van der Waals surface area contributed by atoms with Crippen molar-refractivity contribution >= 4 is 32.3 Å². The molecular weight excluding hydrogens is 103 g/mol. The molecule has 0 radical (unpaired) electrons. The van der Waals surface area contributed by atoms with Gasteiger partial charge in [0.1, 0.15) is 0 Å². The van der Waals surface area contributed by atoms with Gasteiger partial charge in [0.2, 0.25) is 0 Å². The maximum Gasteiger partial charge on any atom is 2.00 e. The van der Waals surface area contributed by atoms with Crippen LogP contribution in [0, 0.1) is 0 Å². The van der Waals surface area contributed by atoms with Gasteiger partial charge in [-0.2, -0.15) is 6.66 Å². The quantitative estimate of drug-likeness (QED) is 0.235. The number of hydrogen-bond donors (Lipinski definition) is 0. The van der Waals surface area contributed by atoms with E-state index in [1.165, 1.54) is 0 Å². The maximum atomic E-state index is 2.97. The molecule has 4 heavy (non-hydrogen) atoms. The van der Waals surface area contributed by atoms with Crippen LogP contribution in [0.15, 0.2) is 0 Å². The Labute approximate surface area is 51.5 Å². The Morgan fingerprint density at radius 1 is 1.25 bits per heavy atom. The van der Waals surface area contributed by atoms with Gasteiger partial charge in [-0.1, -0.05) is 0 Å². The number of rotatable bonds is 0. The molecule has 0 aromatic heterocycles. The molecule has 0 spiro atoms. The zero-order chi connectivity index (χ0) is 2.00. The average molecular weight is 107 g/mol. The van der Waals surface area contributed by atoms with Crippen LogP contribution in [-0.2, 0) is 0 Å². The monoisotopic (exact) mass is 106 g/mol. The Bertz CT molecular complexity index is 8.00. The predicted molar refractivity (Wildman–Crippen MR) is 20.0 cm³/mol. The van der Waals surface area contributed by atoms with Crippen LogP contribution >= 0.6 is 9.24 Å². The van der Waals surface area contributed by atoms with E-state index in [9.17, 15) is 0 Å². The second-order valence-corrected chi connectivity index (χ2v) is 0. The molecule has 0 saturated heterocycles. The summed E-state index contributed by atoms with van der Waals surface area (Å²) >= 11 is 0. The molecule has 0 aromatic rings. The van der Waals surface area contributed by atoms with Gasteiger partial charge in [0, 0.05) is 0 Å². The van der Waals surface area contributed by atoms with Gasteiger partial charge in [0.25, 0.3) is 0 Å². The van der Waals surface area contributed by atoms with E-state index in [2.05, 4.69) is 9.24 Å². The fraction of sp³-hybridized carbons (Fsp3) is 1.00. The van der Waals surface area contributed by atoms with Gasteiger partial charge in [0.15, 0.2) is 0 Å². The molecule has 0 saturated carbocycles. The van der Waals surface area contributed by atoms with Crippen molar-refractivity contribution in [1.29, 1.82) is 0 Å². The van der Waals surface area contributed by atoms with Gasteiger partial charge in [0.05, 0.1) is 0 Å². The van der Waals surface area contributed by atoms with Crippen molar-refractivity contribution in [2.24, 2.45) is 0 Å². The summed E-state index contributed by atoms with van der Waals surface area (Å²) < 4.78 is 0. The van der Waals surface area contributed by atoms with Crippen LogP contribution in [0.5, 0.6) is 0 Å². The Hall–Kier alpha value is 1.49. The SMILES string of the molecule is C[PH-].[Cl-].[Mg+2]. The molecule has 0 aliphatic heterocycles. The molecule has 22 valence electrons. The van der Waals surface area contributed by atoms with Crippen LogP contribution in [0.3, 0.4) is 0 Å². The third-order valence-electron chi connectivity index (χ3n) is 0. The Morgan fingerprint density at radius 3 is 1.25 bits per heavy atom. The second kappa shape index (κ2) is 24.7. The average Bonchev–Trinajstić information content (AvgIpc) is 1.00. The van der Waals surface area contributed by atoms with E-state index < -0.39 is 0 Å². The predicted octanol–water partition coefficient (Wildman–Crippen LogP) is -2.62. The van der Waals surface area contributed by atoms with Crippen LogP contribution in [0.4, 0.5) is 0 Å². The topological polar surface area (TPSA) is 0 Å². The van der Waals surface area contributed by atoms with Crippen molar-refractivity contribution in [3.63, 3.8) is 0 Å². The normalized spacial score (nSPS) is 1.50. The first kappa shape index (κ1) is 17.9. The summed E-state index contributed by atoms with van der Waals surface area (Å²) in [5.41, 5.74) is 0. The summed E-state index contributed by atoms with van der Waals surface area (Å²) in [4.78, 5) is 0. The van der Waals surface area contributed by atoms with E-state index in [0.29, 0.717) is 0 Å². The fourth-order valence-electron chi connectivity index (χ4n) is 0. The Kier molecular flexibility index (Phi) is 110. The van der Waals surface area contributed by atoms with E-state index in [1.54, 1.807) is 6.66 Å². The molecule has 0 nitrogen and oxygen atoms in total. The van der Waals surface area contributed by atoms with Crippen molar-refractivity contribution in [3.8, 4) is 0 Å². The largest absolute Gasteiger partial charge is 2.00 e. The number of hydrogen-bond acceptors (Lipinski definition) is 0. The third kappa shape index (κ3) is 9.76. The van der Waals surface area contributed by atoms with Crippen LogP contribution < -0.4 is 12.4 Å².